The number of hydrogen-bond donors (Lipinski definition) is 2. The molecule has 11 heteroatoms. The van der Waals surface area contributed by atoms with Gasteiger partial charge in [-0.1, -0.05) is 0 Å². The van der Waals surface area contributed by atoms with Crippen LogP contribution in [0.1, 0.15) is 10.4 Å². The summed E-state index contributed by atoms with van der Waals surface area (Å²) in [5.74, 6) is -0.200. The Labute approximate surface area is 145 Å². The summed E-state index contributed by atoms with van der Waals surface area (Å²) in [5.41, 5.74) is -1.85. The van der Waals surface area contributed by atoms with Gasteiger partial charge in [0.15, 0.2) is 5.82 Å². The van der Waals surface area contributed by atoms with Crippen LogP contribution in [0, 0.1) is 0 Å². The zero-order chi connectivity index (χ0) is 18.7. The molecule has 0 unspecified atom stereocenters. The highest BCUT2D eigenvalue weighted by atomic mass is 16.2. The first kappa shape index (κ1) is 17.1. The summed E-state index contributed by atoms with van der Waals surface area (Å²) in [4.78, 5) is 49.5. The van der Waals surface area contributed by atoms with Gasteiger partial charge in [-0.25, -0.2) is 14.2 Å². The highest BCUT2D eigenvalue weighted by molar-refractivity contribution is 5.93. The van der Waals surface area contributed by atoms with Gasteiger partial charge in [-0.3, -0.25) is 19.0 Å². The van der Waals surface area contributed by atoms with Gasteiger partial charge in [-0.05, 0) is 12.1 Å². The standard InChI is InChI=1S/C15H15N7O4/c1-20-14(25)10(9-17-15(20)26)13(24)16-6-8-22-12(23)4-3-11(19-22)21-7-2-5-18-21/h2-5,7,9H,6,8H2,1H3,(H,16,24)(H,17,26). The Balaban J connectivity index is 1.70. The zero-order valence-corrected chi connectivity index (χ0v) is 13.7. The van der Waals surface area contributed by atoms with Crippen molar-refractivity contribution in [2.24, 2.45) is 7.05 Å². The molecule has 0 fully saturated rings. The molecule has 0 atom stereocenters. The van der Waals surface area contributed by atoms with Crippen molar-refractivity contribution >= 4 is 5.91 Å². The minimum absolute atomic E-state index is 0.0661. The Bertz CT molecular complexity index is 1110. The number of rotatable bonds is 5. The first-order chi connectivity index (χ1) is 12.5. The van der Waals surface area contributed by atoms with E-state index in [0.29, 0.717) is 5.82 Å². The highest BCUT2D eigenvalue weighted by Gasteiger charge is 2.12. The molecule has 0 saturated heterocycles. The molecule has 0 bridgehead atoms. The third kappa shape index (κ3) is 3.36. The second kappa shape index (κ2) is 7.01. The molecule has 0 aliphatic rings. The minimum Gasteiger partial charge on any atom is -0.350 e. The maximum Gasteiger partial charge on any atom is 0.328 e. The van der Waals surface area contributed by atoms with Crippen molar-refractivity contribution in [1.29, 1.82) is 0 Å². The first-order valence-electron chi connectivity index (χ1n) is 7.62. The van der Waals surface area contributed by atoms with E-state index in [1.54, 1.807) is 18.5 Å². The van der Waals surface area contributed by atoms with Crippen LogP contribution in [0.3, 0.4) is 0 Å². The van der Waals surface area contributed by atoms with Crippen molar-refractivity contribution in [3.63, 3.8) is 0 Å². The van der Waals surface area contributed by atoms with E-state index < -0.39 is 17.2 Å². The van der Waals surface area contributed by atoms with Gasteiger partial charge in [0.2, 0.25) is 0 Å². The van der Waals surface area contributed by atoms with E-state index in [1.165, 1.54) is 28.5 Å². The quantitative estimate of drug-likeness (QED) is 0.555. The van der Waals surface area contributed by atoms with Gasteiger partial charge >= 0.3 is 5.69 Å². The average molecular weight is 357 g/mol. The molecule has 11 nitrogen and oxygen atoms in total. The fourth-order valence-electron chi connectivity index (χ4n) is 2.22. The molecule has 0 aromatic carbocycles. The largest absolute Gasteiger partial charge is 0.350 e. The van der Waals surface area contributed by atoms with E-state index in [2.05, 4.69) is 20.5 Å². The number of amides is 1. The van der Waals surface area contributed by atoms with Crippen LogP contribution in [0.25, 0.3) is 5.82 Å². The fraction of sp³-hybridized carbons (Fsp3) is 0.200. The van der Waals surface area contributed by atoms with Crippen LogP contribution in [-0.2, 0) is 13.6 Å². The van der Waals surface area contributed by atoms with Gasteiger partial charge in [-0.15, -0.1) is 5.10 Å². The number of hydrogen-bond acceptors (Lipinski definition) is 6. The fourth-order valence-corrected chi connectivity index (χ4v) is 2.22. The number of carbonyl (C=O) groups is 1. The van der Waals surface area contributed by atoms with Gasteiger partial charge in [0.1, 0.15) is 5.56 Å². The zero-order valence-electron chi connectivity index (χ0n) is 13.7. The third-order valence-corrected chi connectivity index (χ3v) is 3.63. The molecule has 0 radical (unpaired) electrons. The molecule has 2 N–H and O–H groups in total. The van der Waals surface area contributed by atoms with Crippen LogP contribution < -0.4 is 22.1 Å². The van der Waals surface area contributed by atoms with E-state index in [0.717, 1.165) is 10.8 Å². The van der Waals surface area contributed by atoms with Gasteiger partial charge in [0, 0.05) is 38.2 Å². The van der Waals surface area contributed by atoms with E-state index in [9.17, 15) is 19.2 Å². The van der Waals surface area contributed by atoms with Crippen molar-refractivity contribution in [3.05, 3.63) is 73.5 Å². The van der Waals surface area contributed by atoms with Crippen LogP contribution in [-0.4, -0.2) is 41.6 Å². The summed E-state index contributed by atoms with van der Waals surface area (Å²) in [7, 11) is 1.27. The van der Waals surface area contributed by atoms with Crippen LogP contribution in [0.15, 0.2) is 51.2 Å². The van der Waals surface area contributed by atoms with Crippen molar-refractivity contribution < 1.29 is 4.79 Å². The molecule has 1 amide bonds. The van der Waals surface area contributed by atoms with Crippen molar-refractivity contribution in [2.45, 2.75) is 6.54 Å². The molecule has 3 heterocycles. The summed E-state index contributed by atoms with van der Waals surface area (Å²) in [6.45, 7) is 0.167. The summed E-state index contributed by atoms with van der Waals surface area (Å²) in [6.07, 6.45) is 4.33. The van der Waals surface area contributed by atoms with E-state index >= 15 is 0 Å². The third-order valence-electron chi connectivity index (χ3n) is 3.63. The lowest BCUT2D eigenvalue weighted by Crippen LogP contribution is -2.40. The smallest absolute Gasteiger partial charge is 0.328 e. The predicted molar refractivity (Wildman–Crippen MR) is 90.3 cm³/mol. The molecule has 0 saturated carbocycles. The molecule has 0 aliphatic heterocycles. The van der Waals surface area contributed by atoms with E-state index in [1.807, 2.05) is 0 Å². The molecule has 3 aromatic heterocycles. The lowest BCUT2D eigenvalue weighted by atomic mass is 10.3. The molecule has 3 aromatic rings. The van der Waals surface area contributed by atoms with Gasteiger partial charge < -0.3 is 10.3 Å². The maximum atomic E-state index is 12.1. The van der Waals surface area contributed by atoms with Gasteiger partial charge in [0.25, 0.3) is 17.0 Å². The topological polar surface area (TPSA) is 137 Å². The summed E-state index contributed by atoms with van der Waals surface area (Å²) < 4.78 is 3.48. The molecule has 0 spiro atoms. The molecule has 0 aliphatic carbocycles. The van der Waals surface area contributed by atoms with Gasteiger partial charge in [0.05, 0.1) is 6.54 Å². The second-order valence-electron chi connectivity index (χ2n) is 5.33. The minimum atomic E-state index is -0.706. The van der Waals surface area contributed by atoms with Crippen LogP contribution in [0.2, 0.25) is 0 Å². The Hall–Kier alpha value is -3.76. The first-order valence-corrected chi connectivity index (χ1v) is 7.62. The van der Waals surface area contributed by atoms with E-state index in [4.69, 9.17) is 0 Å². The highest BCUT2D eigenvalue weighted by Crippen LogP contribution is 1.98. The van der Waals surface area contributed by atoms with Crippen molar-refractivity contribution in [2.75, 3.05) is 6.54 Å². The normalized spacial score (nSPS) is 10.7. The van der Waals surface area contributed by atoms with Gasteiger partial charge in [-0.2, -0.15) is 5.10 Å². The Morgan fingerprint density at radius 2 is 2.08 bits per heavy atom. The SMILES string of the molecule is Cn1c(=O)[nH]cc(C(=O)NCCn2nc(-n3cccn3)ccc2=O)c1=O. The molecule has 134 valence electrons. The average Bonchev–Trinajstić information content (AvgIpc) is 3.16. The van der Waals surface area contributed by atoms with Crippen LogP contribution in [0.5, 0.6) is 0 Å². The summed E-state index contributed by atoms with van der Waals surface area (Å²) in [6, 6.07) is 4.61. The number of carbonyl (C=O) groups excluding carboxylic acids is 1. The number of aromatic nitrogens is 6. The monoisotopic (exact) mass is 357 g/mol. The number of aromatic amines is 1. The number of nitrogens with zero attached hydrogens (tertiary/aromatic N) is 5. The number of nitrogens with one attached hydrogen (secondary N) is 2. The lowest BCUT2D eigenvalue weighted by molar-refractivity contribution is 0.0949. The number of H-pyrrole nitrogens is 1. The van der Waals surface area contributed by atoms with Crippen molar-refractivity contribution in [1.82, 2.24) is 34.4 Å². The summed E-state index contributed by atoms with van der Waals surface area (Å²) >= 11 is 0. The maximum absolute atomic E-state index is 12.1. The van der Waals surface area contributed by atoms with Crippen LogP contribution >= 0.6 is 0 Å². The van der Waals surface area contributed by atoms with E-state index in [-0.39, 0.29) is 24.2 Å². The predicted octanol–water partition coefficient (Wildman–Crippen LogP) is -1.75. The molecule has 26 heavy (non-hydrogen) atoms. The molecular formula is C15H15N7O4. The Morgan fingerprint density at radius 3 is 2.81 bits per heavy atom. The van der Waals surface area contributed by atoms with Crippen molar-refractivity contribution in [3.8, 4) is 5.82 Å². The van der Waals surface area contributed by atoms with Crippen LogP contribution in [0.4, 0.5) is 0 Å². The Morgan fingerprint density at radius 1 is 1.27 bits per heavy atom. The Kier molecular flexibility index (Phi) is 4.60. The lowest BCUT2D eigenvalue weighted by Gasteiger charge is -2.08. The summed E-state index contributed by atoms with van der Waals surface area (Å²) in [5, 5.41) is 10.7. The molecular weight excluding hydrogens is 342 g/mol. The second-order valence-corrected chi connectivity index (χ2v) is 5.33. The molecule has 3 rings (SSSR count).